The van der Waals surface area contributed by atoms with Crippen molar-refractivity contribution in [2.75, 3.05) is 39.8 Å². The van der Waals surface area contributed by atoms with Crippen molar-refractivity contribution in [1.29, 1.82) is 0 Å². The lowest BCUT2D eigenvalue weighted by atomic mass is 10.1. The van der Waals surface area contributed by atoms with E-state index in [1.54, 1.807) is 0 Å². The minimum absolute atomic E-state index is 0.0580. The van der Waals surface area contributed by atoms with Crippen molar-refractivity contribution >= 4 is 17.5 Å². The second kappa shape index (κ2) is 7.07. The first-order valence-corrected chi connectivity index (χ1v) is 7.40. The number of hydrogen-bond acceptors (Lipinski definition) is 3. The monoisotopic (exact) mass is 295 g/mol. The summed E-state index contributed by atoms with van der Waals surface area (Å²) in [6, 6.07) is 7.73. The average molecular weight is 296 g/mol. The molecule has 1 saturated heterocycles. The minimum atomic E-state index is 0.0580. The summed E-state index contributed by atoms with van der Waals surface area (Å²) < 4.78 is 0. The summed E-state index contributed by atoms with van der Waals surface area (Å²) in [6.45, 7) is 6.34. The topological polar surface area (TPSA) is 35.6 Å². The molecule has 0 radical (unpaired) electrons. The lowest BCUT2D eigenvalue weighted by Crippen LogP contribution is -2.48. The lowest BCUT2D eigenvalue weighted by molar-refractivity contribution is -0.133. The Morgan fingerprint density at radius 3 is 2.55 bits per heavy atom. The Balaban J connectivity index is 1.93. The van der Waals surface area contributed by atoms with Crippen LogP contribution in [0.3, 0.4) is 0 Å². The van der Waals surface area contributed by atoms with Crippen LogP contribution in [0.5, 0.6) is 0 Å². The molecule has 1 heterocycles. The van der Waals surface area contributed by atoms with Crippen LogP contribution in [-0.4, -0.2) is 55.5 Å². The molecule has 1 aromatic carbocycles. The summed E-state index contributed by atoms with van der Waals surface area (Å²) in [7, 11) is 1.86. The Kier molecular flexibility index (Phi) is 5.40. The number of benzene rings is 1. The molecule has 1 aliphatic rings. The van der Waals surface area contributed by atoms with Crippen molar-refractivity contribution in [1.82, 2.24) is 15.1 Å². The van der Waals surface area contributed by atoms with Gasteiger partial charge in [-0.3, -0.25) is 9.69 Å². The maximum atomic E-state index is 12.3. The summed E-state index contributed by atoms with van der Waals surface area (Å²) in [6.07, 6.45) is 0. The zero-order valence-electron chi connectivity index (χ0n) is 12.1. The van der Waals surface area contributed by atoms with E-state index in [-0.39, 0.29) is 11.9 Å². The van der Waals surface area contributed by atoms with Gasteiger partial charge in [-0.15, -0.1) is 0 Å². The Labute approximate surface area is 125 Å². The molecular formula is C15H22ClN3O. The molecule has 0 aliphatic carbocycles. The van der Waals surface area contributed by atoms with E-state index in [0.717, 1.165) is 36.8 Å². The second-order valence-corrected chi connectivity index (χ2v) is 5.69. The first kappa shape index (κ1) is 15.3. The van der Waals surface area contributed by atoms with E-state index in [0.29, 0.717) is 6.54 Å². The second-order valence-electron chi connectivity index (χ2n) is 5.26. The maximum absolute atomic E-state index is 12.3. The molecule has 20 heavy (non-hydrogen) atoms. The molecule has 0 saturated carbocycles. The molecule has 5 heteroatoms. The normalized spacial score (nSPS) is 17.8. The summed E-state index contributed by atoms with van der Waals surface area (Å²) in [5.74, 6) is 0.161. The van der Waals surface area contributed by atoms with E-state index in [4.69, 9.17) is 11.6 Å². The largest absolute Gasteiger partial charge is 0.338 e. The Hall–Kier alpha value is -1.10. The summed E-state index contributed by atoms with van der Waals surface area (Å²) in [5, 5.41) is 4.01. The molecule has 0 bridgehead atoms. The molecule has 1 unspecified atom stereocenters. The molecule has 1 aliphatic heterocycles. The van der Waals surface area contributed by atoms with Gasteiger partial charge in [0.15, 0.2) is 0 Å². The first-order valence-electron chi connectivity index (χ1n) is 7.02. The number of piperazine rings is 1. The van der Waals surface area contributed by atoms with Crippen LogP contribution in [0.4, 0.5) is 0 Å². The van der Waals surface area contributed by atoms with E-state index in [1.165, 1.54) is 0 Å². The summed E-state index contributed by atoms with van der Waals surface area (Å²) in [5.41, 5.74) is 1.10. The summed E-state index contributed by atoms with van der Waals surface area (Å²) in [4.78, 5) is 16.3. The van der Waals surface area contributed by atoms with Crippen molar-refractivity contribution in [3.8, 4) is 0 Å². The smallest absolute Gasteiger partial charge is 0.236 e. The molecule has 1 fully saturated rings. The summed E-state index contributed by atoms with van der Waals surface area (Å²) >= 11 is 5.89. The Morgan fingerprint density at radius 1 is 1.35 bits per heavy atom. The maximum Gasteiger partial charge on any atom is 0.236 e. The number of hydrogen-bond donors (Lipinski definition) is 1. The van der Waals surface area contributed by atoms with E-state index in [1.807, 2.05) is 43.1 Å². The van der Waals surface area contributed by atoms with Crippen LogP contribution in [0.1, 0.15) is 18.5 Å². The number of rotatable bonds is 4. The molecular weight excluding hydrogens is 274 g/mol. The highest BCUT2D eigenvalue weighted by Gasteiger charge is 2.20. The lowest BCUT2D eigenvalue weighted by Gasteiger charge is -2.31. The fourth-order valence-electron chi connectivity index (χ4n) is 2.35. The van der Waals surface area contributed by atoms with Crippen molar-refractivity contribution in [3.05, 3.63) is 34.9 Å². The molecule has 1 amide bonds. The van der Waals surface area contributed by atoms with E-state index in [9.17, 15) is 4.79 Å². The van der Waals surface area contributed by atoms with Crippen LogP contribution >= 0.6 is 11.6 Å². The standard InChI is InChI=1S/C15H22ClN3O/c1-12(13-3-5-14(16)6-4-13)18(2)15(20)11-19-9-7-17-8-10-19/h3-6,12,17H,7-11H2,1-2H3. The van der Waals surface area contributed by atoms with Gasteiger partial charge in [-0.05, 0) is 24.6 Å². The zero-order chi connectivity index (χ0) is 14.5. The number of halogens is 1. The van der Waals surface area contributed by atoms with Crippen LogP contribution in [0.2, 0.25) is 5.02 Å². The molecule has 4 nitrogen and oxygen atoms in total. The van der Waals surface area contributed by atoms with Crippen LogP contribution in [-0.2, 0) is 4.79 Å². The van der Waals surface area contributed by atoms with Gasteiger partial charge in [0.25, 0.3) is 0 Å². The molecule has 0 aromatic heterocycles. The minimum Gasteiger partial charge on any atom is -0.338 e. The van der Waals surface area contributed by atoms with Crippen LogP contribution < -0.4 is 5.32 Å². The fourth-order valence-corrected chi connectivity index (χ4v) is 2.48. The van der Waals surface area contributed by atoms with Crippen molar-refractivity contribution in [2.45, 2.75) is 13.0 Å². The molecule has 2 rings (SSSR count). The first-order chi connectivity index (χ1) is 9.58. The number of carbonyl (C=O) groups is 1. The predicted molar refractivity (Wildman–Crippen MR) is 81.9 cm³/mol. The number of nitrogens with zero attached hydrogens (tertiary/aromatic N) is 2. The SMILES string of the molecule is CC(c1ccc(Cl)cc1)N(C)C(=O)CN1CCNCC1. The highest BCUT2D eigenvalue weighted by molar-refractivity contribution is 6.30. The average Bonchev–Trinajstić information content (AvgIpc) is 2.47. The van der Waals surface area contributed by atoms with Crippen LogP contribution in [0.25, 0.3) is 0 Å². The van der Waals surface area contributed by atoms with Gasteiger partial charge in [0, 0.05) is 38.2 Å². The Morgan fingerprint density at radius 2 is 1.95 bits per heavy atom. The molecule has 1 N–H and O–H groups in total. The van der Waals surface area contributed by atoms with E-state index < -0.39 is 0 Å². The van der Waals surface area contributed by atoms with E-state index in [2.05, 4.69) is 10.2 Å². The molecule has 1 atom stereocenters. The van der Waals surface area contributed by atoms with Gasteiger partial charge < -0.3 is 10.2 Å². The quantitative estimate of drug-likeness (QED) is 0.919. The number of carbonyl (C=O) groups excluding carboxylic acids is 1. The van der Waals surface area contributed by atoms with Crippen LogP contribution in [0.15, 0.2) is 24.3 Å². The number of amides is 1. The zero-order valence-corrected chi connectivity index (χ0v) is 12.9. The van der Waals surface area contributed by atoms with Crippen molar-refractivity contribution in [3.63, 3.8) is 0 Å². The van der Waals surface area contributed by atoms with E-state index >= 15 is 0 Å². The van der Waals surface area contributed by atoms with Gasteiger partial charge in [0.05, 0.1) is 12.6 Å². The van der Waals surface area contributed by atoms with Gasteiger partial charge in [-0.25, -0.2) is 0 Å². The number of likely N-dealkylation sites (N-methyl/N-ethyl adjacent to an activating group) is 1. The fraction of sp³-hybridized carbons (Fsp3) is 0.533. The van der Waals surface area contributed by atoms with Crippen molar-refractivity contribution < 1.29 is 4.79 Å². The van der Waals surface area contributed by atoms with Gasteiger partial charge >= 0.3 is 0 Å². The predicted octanol–water partition coefficient (Wildman–Crippen LogP) is 1.76. The third-order valence-corrected chi connectivity index (χ3v) is 4.15. The molecule has 1 aromatic rings. The van der Waals surface area contributed by atoms with Crippen LogP contribution in [0, 0.1) is 0 Å². The van der Waals surface area contributed by atoms with Gasteiger partial charge in [0.1, 0.15) is 0 Å². The molecule has 110 valence electrons. The van der Waals surface area contributed by atoms with Gasteiger partial charge in [-0.2, -0.15) is 0 Å². The van der Waals surface area contributed by atoms with Gasteiger partial charge in [-0.1, -0.05) is 23.7 Å². The van der Waals surface area contributed by atoms with Gasteiger partial charge in [0.2, 0.25) is 5.91 Å². The highest BCUT2D eigenvalue weighted by atomic mass is 35.5. The highest BCUT2D eigenvalue weighted by Crippen LogP contribution is 2.21. The Bertz CT molecular complexity index is 443. The van der Waals surface area contributed by atoms with Crippen molar-refractivity contribution in [2.24, 2.45) is 0 Å². The number of nitrogens with one attached hydrogen (secondary N) is 1. The molecule has 0 spiro atoms. The third-order valence-electron chi connectivity index (χ3n) is 3.90. The third kappa shape index (κ3) is 3.95.